The number of hydrogen-bond donors (Lipinski definition) is 1. The first-order valence-electron chi connectivity index (χ1n) is 3.00. The minimum Gasteiger partial charge on any atom is -0.496 e. The minimum atomic E-state index is 0.527. The van der Waals surface area contributed by atoms with Crippen molar-refractivity contribution in [1.29, 1.82) is 0 Å². The third-order valence-corrected chi connectivity index (χ3v) is 1.41. The third-order valence-electron chi connectivity index (χ3n) is 1.41. The Morgan fingerprint density at radius 2 is 2.30 bits per heavy atom. The van der Waals surface area contributed by atoms with Gasteiger partial charge in [0, 0.05) is 11.8 Å². The van der Waals surface area contributed by atoms with Crippen molar-refractivity contribution in [2.24, 2.45) is 0 Å². The van der Waals surface area contributed by atoms with Crippen molar-refractivity contribution >= 4 is 5.82 Å². The summed E-state index contributed by atoms with van der Waals surface area (Å²) in [5, 5.41) is 0. The zero-order valence-electron chi connectivity index (χ0n) is 6.09. The van der Waals surface area contributed by atoms with Crippen LogP contribution in [0.2, 0.25) is 0 Å². The molecule has 0 radical (unpaired) electrons. The van der Waals surface area contributed by atoms with Gasteiger partial charge in [-0.15, -0.1) is 0 Å². The van der Waals surface area contributed by atoms with Gasteiger partial charge >= 0.3 is 0 Å². The molecule has 1 heterocycles. The Bertz CT molecular complexity index is 235. The summed E-state index contributed by atoms with van der Waals surface area (Å²) in [5.74, 6) is 1.31. The van der Waals surface area contributed by atoms with Gasteiger partial charge in [0.15, 0.2) is 0 Å². The van der Waals surface area contributed by atoms with Gasteiger partial charge in [-0.1, -0.05) is 0 Å². The Balaban J connectivity index is 3.14. The maximum Gasteiger partial charge on any atom is 0.129 e. The lowest BCUT2D eigenvalue weighted by Gasteiger charge is -2.04. The molecule has 1 aromatic heterocycles. The molecule has 0 saturated carbocycles. The van der Waals surface area contributed by atoms with E-state index in [4.69, 9.17) is 10.5 Å². The number of pyridine rings is 1. The normalized spacial score (nSPS) is 9.40. The first-order valence-corrected chi connectivity index (χ1v) is 3.00. The average Bonchev–Trinajstić information content (AvgIpc) is 1.95. The van der Waals surface area contributed by atoms with Gasteiger partial charge in [-0.05, 0) is 13.0 Å². The summed E-state index contributed by atoms with van der Waals surface area (Å²) < 4.78 is 5.01. The van der Waals surface area contributed by atoms with Gasteiger partial charge in [0.25, 0.3) is 0 Å². The zero-order chi connectivity index (χ0) is 7.56. The number of hydrogen-bond acceptors (Lipinski definition) is 3. The second-order valence-corrected chi connectivity index (χ2v) is 2.02. The van der Waals surface area contributed by atoms with Crippen LogP contribution >= 0.6 is 0 Å². The largest absolute Gasteiger partial charge is 0.496 e. The molecule has 0 spiro atoms. The molecule has 0 aromatic carbocycles. The van der Waals surface area contributed by atoms with Crippen LogP contribution in [0.1, 0.15) is 5.56 Å². The molecule has 0 aliphatic rings. The summed E-state index contributed by atoms with van der Waals surface area (Å²) >= 11 is 0. The summed E-state index contributed by atoms with van der Waals surface area (Å²) in [6.07, 6.45) is 1.63. The minimum absolute atomic E-state index is 0.527. The van der Waals surface area contributed by atoms with Crippen LogP contribution in [0.4, 0.5) is 5.82 Å². The number of nitrogen functional groups attached to an aromatic ring is 1. The van der Waals surface area contributed by atoms with Crippen LogP contribution in [0.3, 0.4) is 0 Å². The van der Waals surface area contributed by atoms with E-state index >= 15 is 0 Å². The van der Waals surface area contributed by atoms with E-state index in [0.29, 0.717) is 5.82 Å². The fraction of sp³-hybridized carbons (Fsp3) is 0.286. The summed E-state index contributed by atoms with van der Waals surface area (Å²) in [6.45, 7) is 1.88. The van der Waals surface area contributed by atoms with E-state index in [9.17, 15) is 0 Å². The lowest BCUT2D eigenvalue weighted by Crippen LogP contribution is -1.95. The van der Waals surface area contributed by atoms with Gasteiger partial charge in [-0.2, -0.15) is 0 Å². The highest BCUT2D eigenvalue weighted by molar-refractivity contribution is 5.46. The van der Waals surface area contributed by atoms with Crippen LogP contribution in [-0.2, 0) is 0 Å². The number of ether oxygens (including phenoxy) is 1. The van der Waals surface area contributed by atoms with Crippen LogP contribution < -0.4 is 10.5 Å². The molecule has 54 valence electrons. The van der Waals surface area contributed by atoms with Gasteiger partial charge in [0.2, 0.25) is 0 Å². The molecular weight excluding hydrogens is 128 g/mol. The fourth-order valence-corrected chi connectivity index (χ4v) is 0.754. The van der Waals surface area contributed by atoms with Crippen molar-refractivity contribution in [2.45, 2.75) is 6.92 Å². The lowest BCUT2D eigenvalue weighted by atomic mass is 10.3. The SMILES string of the molecule is COc1ccnc(N)c1C. The van der Waals surface area contributed by atoms with Crippen molar-refractivity contribution in [1.82, 2.24) is 4.98 Å². The number of nitrogens with zero attached hydrogens (tertiary/aromatic N) is 1. The summed E-state index contributed by atoms with van der Waals surface area (Å²) in [4.78, 5) is 3.89. The molecule has 0 aliphatic carbocycles. The molecule has 0 fully saturated rings. The van der Waals surface area contributed by atoms with E-state index in [-0.39, 0.29) is 0 Å². The molecule has 1 rings (SSSR count). The predicted octanol–water partition coefficient (Wildman–Crippen LogP) is 0.981. The van der Waals surface area contributed by atoms with Crippen LogP contribution in [0, 0.1) is 6.92 Å². The summed E-state index contributed by atoms with van der Waals surface area (Å²) in [5.41, 5.74) is 6.40. The Labute approximate surface area is 59.8 Å². The number of methoxy groups -OCH3 is 1. The number of nitrogens with two attached hydrogens (primary N) is 1. The smallest absolute Gasteiger partial charge is 0.129 e. The van der Waals surface area contributed by atoms with Gasteiger partial charge in [0.1, 0.15) is 11.6 Å². The van der Waals surface area contributed by atoms with Crippen molar-refractivity contribution in [3.05, 3.63) is 17.8 Å². The molecule has 0 amide bonds. The highest BCUT2D eigenvalue weighted by Gasteiger charge is 1.99. The molecule has 2 N–H and O–H groups in total. The molecule has 10 heavy (non-hydrogen) atoms. The van der Waals surface area contributed by atoms with Crippen LogP contribution in [0.5, 0.6) is 5.75 Å². The van der Waals surface area contributed by atoms with Crippen molar-refractivity contribution in [2.75, 3.05) is 12.8 Å². The van der Waals surface area contributed by atoms with Crippen LogP contribution in [0.15, 0.2) is 12.3 Å². The molecule has 0 saturated heterocycles. The maximum absolute atomic E-state index is 5.51. The molecule has 0 atom stereocenters. The maximum atomic E-state index is 5.51. The van der Waals surface area contributed by atoms with E-state index in [1.165, 1.54) is 0 Å². The number of anilines is 1. The molecule has 0 aliphatic heterocycles. The third kappa shape index (κ3) is 1.03. The van der Waals surface area contributed by atoms with Gasteiger partial charge < -0.3 is 10.5 Å². The number of rotatable bonds is 1. The number of aromatic nitrogens is 1. The Hall–Kier alpha value is -1.25. The lowest BCUT2D eigenvalue weighted by molar-refractivity contribution is 0.411. The second-order valence-electron chi connectivity index (χ2n) is 2.02. The standard InChI is InChI=1S/C7H10N2O/c1-5-6(10-2)3-4-9-7(5)8/h3-4H,1-2H3,(H2,8,9). The van der Waals surface area contributed by atoms with Crippen molar-refractivity contribution < 1.29 is 4.74 Å². The zero-order valence-corrected chi connectivity index (χ0v) is 6.09. The topological polar surface area (TPSA) is 48.1 Å². The predicted molar refractivity (Wildman–Crippen MR) is 39.9 cm³/mol. The molecule has 1 aromatic rings. The van der Waals surface area contributed by atoms with Gasteiger partial charge in [-0.25, -0.2) is 4.98 Å². The molecule has 3 nitrogen and oxygen atoms in total. The van der Waals surface area contributed by atoms with E-state index in [0.717, 1.165) is 11.3 Å². The molecule has 3 heteroatoms. The van der Waals surface area contributed by atoms with E-state index in [1.54, 1.807) is 19.4 Å². The average molecular weight is 138 g/mol. The monoisotopic (exact) mass is 138 g/mol. The highest BCUT2D eigenvalue weighted by Crippen LogP contribution is 2.19. The highest BCUT2D eigenvalue weighted by atomic mass is 16.5. The van der Waals surface area contributed by atoms with E-state index < -0.39 is 0 Å². The fourth-order valence-electron chi connectivity index (χ4n) is 0.754. The van der Waals surface area contributed by atoms with Gasteiger partial charge in [0.05, 0.1) is 7.11 Å². The Morgan fingerprint density at radius 3 is 2.80 bits per heavy atom. The Morgan fingerprint density at radius 1 is 1.60 bits per heavy atom. The first kappa shape index (κ1) is 6.86. The van der Waals surface area contributed by atoms with Crippen molar-refractivity contribution in [3.8, 4) is 5.75 Å². The second kappa shape index (κ2) is 2.56. The quantitative estimate of drug-likeness (QED) is 0.629. The van der Waals surface area contributed by atoms with Gasteiger partial charge in [-0.3, -0.25) is 0 Å². The van der Waals surface area contributed by atoms with Crippen molar-refractivity contribution in [3.63, 3.8) is 0 Å². The Kier molecular flexibility index (Phi) is 1.76. The first-order chi connectivity index (χ1) is 4.75. The molecular formula is C7H10N2O. The van der Waals surface area contributed by atoms with Crippen LogP contribution in [0.25, 0.3) is 0 Å². The van der Waals surface area contributed by atoms with E-state index in [2.05, 4.69) is 4.98 Å². The summed E-state index contributed by atoms with van der Waals surface area (Å²) in [7, 11) is 1.61. The molecule has 0 bridgehead atoms. The van der Waals surface area contributed by atoms with E-state index in [1.807, 2.05) is 6.92 Å². The molecule has 0 unspecified atom stereocenters. The van der Waals surface area contributed by atoms with Crippen LogP contribution in [-0.4, -0.2) is 12.1 Å². The summed E-state index contributed by atoms with van der Waals surface area (Å²) in [6, 6.07) is 1.78.